The molecular formula is C17H24N6O3. The lowest BCUT2D eigenvalue weighted by atomic mass is 10.0. The van der Waals surface area contributed by atoms with Crippen LogP contribution in [0.4, 0.5) is 10.6 Å². The van der Waals surface area contributed by atoms with E-state index in [1.54, 1.807) is 19.3 Å². The van der Waals surface area contributed by atoms with Gasteiger partial charge in [0.15, 0.2) is 5.82 Å². The molecule has 0 aliphatic heterocycles. The quantitative estimate of drug-likeness (QED) is 0.730. The maximum absolute atomic E-state index is 12.2. The van der Waals surface area contributed by atoms with Crippen LogP contribution in [0.1, 0.15) is 54.7 Å². The number of ether oxygens (including phenoxy) is 1. The minimum Gasteiger partial charge on any atom is -0.446 e. The second-order valence-electron chi connectivity index (χ2n) is 6.47. The Morgan fingerprint density at radius 2 is 2.27 bits per heavy atom. The molecule has 0 unspecified atom stereocenters. The number of H-pyrrole nitrogens is 1. The van der Waals surface area contributed by atoms with Crippen molar-refractivity contribution in [2.45, 2.75) is 44.6 Å². The number of aromatic amines is 1. The molecule has 1 saturated carbocycles. The maximum Gasteiger partial charge on any atom is 0.407 e. The SMILES string of the molecule is CCCNC(=O)O[C@@H]1CC[C@H](c2cc(NC(=O)c3ccnn3C)n[nH]2)C1. The number of hydrogen-bond donors (Lipinski definition) is 3. The lowest BCUT2D eigenvalue weighted by Crippen LogP contribution is -2.28. The fourth-order valence-corrected chi connectivity index (χ4v) is 3.14. The fourth-order valence-electron chi connectivity index (χ4n) is 3.14. The normalized spacial score (nSPS) is 19.3. The van der Waals surface area contributed by atoms with E-state index in [1.807, 2.05) is 13.0 Å². The van der Waals surface area contributed by atoms with E-state index in [9.17, 15) is 9.59 Å². The molecule has 2 aromatic heterocycles. The van der Waals surface area contributed by atoms with Gasteiger partial charge in [-0.2, -0.15) is 10.2 Å². The van der Waals surface area contributed by atoms with Crippen molar-refractivity contribution in [1.82, 2.24) is 25.3 Å². The summed E-state index contributed by atoms with van der Waals surface area (Å²) in [7, 11) is 1.71. The number of carbonyl (C=O) groups is 2. The van der Waals surface area contributed by atoms with Crippen LogP contribution in [-0.2, 0) is 11.8 Å². The maximum atomic E-state index is 12.2. The molecule has 2 aromatic rings. The van der Waals surface area contributed by atoms with Gasteiger partial charge in [-0.1, -0.05) is 6.92 Å². The van der Waals surface area contributed by atoms with Crippen LogP contribution < -0.4 is 10.6 Å². The van der Waals surface area contributed by atoms with Gasteiger partial charge in [-0.25, -0.2) is 4.79 Å². The Morgan fingerprint density at radius 1 is 1.42 bits per heavy atom. The van der Waals surface area contributed by atoms with Crippen molar-refractivity contribution in [1.29, 1.82) is 0 Å². The van der Waals surface area contributed by atoms with Crippen LogP contribution in [0.25, 0.3) is 0 Å². The zero-order valence-electron chi connectivity index (χ0n) is 15.0. The summed E-state index contributed by atoms with van der Waals surface area (Å²) in [5, 5.41) is 16.6. The lowest BCUT2D eigenvalue weighted by Gasteiger charge is -2.12. The van der Waals surface area contributed by atoms with Gasteiger partial charge in [0.2, 0.25) is 0 Å². The van der Waals surface area contributed by atoms with Crippen molar-refractivity contribution in [3.8, 4) is 0 Å². The van der Waals surface area contributed by atoms with Gasteiger partial charge < -0.3 is 15.4 Å². The van der Waals surface area contributed by atoms with Crippen LogP contribution in [0, 0.1) is 0 Å². The van der Waals surface area contributed by atoms with Crippen LogP contribution in [0.5, 0.6) is 0 Å². The highest BCUT2D eigenvalue weighted by Crippen LogP contribution is 2.35. The zero-order chi connectivity index (χ0) is 18.5. The van der Waals surface area contributed by atoms with Gasteiger partial charge in [-0.3, -0.25) is 14.6 Å². The van der Waals surface area contributed by atoms with Crippen LogP contribution >= 0.6 is 0 Å². The Morgan fingerprint density at radius 3 is 3.00 bits per heavy atom. The molecule has 0 radical (unpaired) electrons. The Hall–Kier alpha value is -2.84. The topological polar surface area (TPSA) is 114 Å². The molecule has 140 valence electrons. The van der Waals surface area contributed by atoms with Crippen molar-refractivity contribution in [2.75, 3.05) is 11.9 Å². The predicted octanol–water partition coefficient (Wildman–Crippen LogP) is 2.17. The van der Waals surface area contributed by atoms with E-state index in [-0.39, 0.29) is 24.0 Å². The smallest absolute Gasteiger partial charge is 0.407 e. The molecular weight excluding hydrogens is 336 g/mol. The third-order valence-electron chi connectivity index (χ3n) is 4.51. The molecule has 2 amide bonds. The summed E-state index contributed by atoms with van der Waals surface area (Å²) in [6.07, 6.45) is 4.48. The first-order chi connectivity index (χ1) is 12.6. The molecule has 1 fully saturated rings. The molecule has 0 spiro atoms. The predicted molar refractivity (Wildman–Crippen MR) is 94.9 cm³/mol. The summed E-state index contributed by atoms with van der Waals surface area (Å²) in [5.74, 6) is 0.438. The van der Waals surface area contributed by atoms with Crippen molar-refractivity contribution < 1.29 is 14.3 Å². The standard InChI is InChI=1S/C17H24N6O3/c1-3-7-18-17(25)26-12-5-4-11(9-12)13-10-15(22-21-13)20-16(24)14-6-8-19-23(14)2/h6,8,10-12H,3-5,7,9H2,1-2H3,(H,18,25)(H2,20,21,22,24)/t11-,12+/m0/s1. The van der Waals surface area contributed by atoms with E-state index in [0.29, 0.717) is 18.1 Å². The number of carbonyl (C=O) groups excluding carboxylic acids is 2. The van der Waals surface area contributed by atoms with Crippen LogP contribution in [0.3, 0.4) is 0 Å². The highest BCUT2D eigenvalue weighted by molar-refractivity contribution is 6.02. The number of nitrogens with zero attached hydrogens (tertiary/aromatic N) is 3. The Labute approximate surface area is 151 Å². The van der Waals surface area contributed by atoms with Gasteiger partial charge in [-0.05, 0) is 31.7 Å². The number of aromatic nitrogens is 4. The summed E-state index contributed by atoms with van der Waals surface area (Å²) in [6, 6.07) is 3.48. The molecule has 1 aliphatic rings. The molecule has 0 bridgehead atoms. The van der Waals surface area contributed by atoms with Crippen LogP contribution in [-0.4, -0.2) is 44.6 Å². The van der Waals surface area contributed by atoms with Gasteiger partial charge >= 0.3 is 6.09 Å². The van der Waals surface area contributed by atoms with Crippen LogP contribution in [0.2, 0.25) is 0 Å². The van der Waals surface area contributed by atoms with Gasteiger partial charge in [0.05, 0.1) is 0 Å². The molecule has 26 heavy (non-hydrogen) atoms. The number of anilines is 1. The van der Waals surface area contributed by atoms with E-state index < -0.39 is 0 Å². The number of hydrogen-bond acceptors (Lipinski definition) is 5. The van der Waals surface area contributed by atoms with E-state index in [2.05, 4.69) is 25.9 Å². The van der Waals surface area contributed by atoms with Gasteiger partial charge in [0, 0.05) is 37.5 Å². The van der Waals surface area contributed by atoms with Gasteiger partial charge in [0.25, 0.3) is 5.91 Å². The number of nitrogens with one attached hydrogen (secondary N) is 3. The third-order valence-corrected chi connectivity index (χ3v) is 4.51. The largest absolute Gasteiger partial charge is 0.446 e. The lowest BCUT2D eigenvalue weighted by molar-refractivity contribution is 0.0997. The molecule has 9 heteroatoms. The molecule has 0 saturated heterocycles. The number of alkyl carbamates (subject to hydrolysis) is 1. The minimum absolute atomic E-state index is 0.0901. The van der Waals surface area contributed by atoms with Crippen molar-refractivity contribution in [3.63, 3.8) is 0 Å². The number of rotatable bonds is 6. The summed E-state index contributed by atoms with van der Waals surface area (Å²) in [4.78, 5) is 23.9. The van der Waals surface area contributed by atoms with Gasteiger partial charge in [-0.15, -0.1) is 0 Å². The molecule has 1 aliphatic carbocycles. The Kier molecular flexibility index (Phi) is 5.55. The molecule has 3 N–H and O–H groups in total. The third kappa shape index (κ3) is 4.22. The first-order valence-electron chi connectivity index (χ1n) is 8.86. The summed E-state index contributed by atoms with van der Waals surface area (Å²) >= 11 is 0. The Bertz CT molecular complexity index is 768. The molecule has 2 atom stereocenters. The second-order valence-corrected chi connectivity index (χ2v) is 6.47. The minimum atomic E-state index is -0.355. The fraction of sp³-hybridized carbons (Fsp3) is 0.529. The number of amides is 2. The molecule has 0 aromatic carbocycles. The molecule has 9 nitrogen and oxygen atoms in total. The van der Waals surface area contributed by atoms with E-state index in [1.165, 1.54) is 4.68 Å². The monoisotopic (exact) mass is 360 g/mol. The van der Waals surface area contributed by atoms with Gasteiger partial charge in [0.1, 0.15) is 11.8 Å². The second kappa shape index (κ2) is 8.03. The first kappa shape index (κ1) is 18.0. The number of aryl methyl sites for hydroxylation is 1. The summed E-state index contributed by atoms with van der Waals surface area (Å²) in [6.45, 7) is 2.62. The molecule has 3 rings (SSSR count). The zero-order valence-corrected chi connectivity index (χ0v) is 15.0. The van der Waals surface area contributed by atoms with Crippen molar-refractivity contribution in [2.24, 2.45) is 7.05 Å². The summed E-state index contributed by atoms with van der Waals surface area (Å²) < 4.78 is 6.94. The summed E-state index contributed by atoms with van der Waals surface area (Å²) in [5.41, 5.74) is 1.40. The first-order valence-corrected chi connectivity index (χ1v) is 8.86. The van der Waals surface area contributed by atoms with E-state index in [4.69, 9.17) is 4.74 Å². The highest BCUT2D eigenvalue weighted by atomic mass is 16.6. The Balaban J connectivity index is 1.53. The highest BCUT2D eigenvalue weighted by Gasteiger charge is 2.30. The van der Waals surface area contributed by atoms with Crippen LogP contribution in [0.15, 0.2) is 18.3 Å². The van der Waals surface area contributed by atoms with Crippen molar-refractivity contribution in [3.05, 3.63) is 29.7 Å². The average molecular weight is 360 g/mol. The average Bonchev–Trinajstić information content (AvgIpc) is 3.34. The van der Waals surface area contributed by atoms with Crippen molar-refractivity contribution >= 4 is 17.8 Å². The van der Waals surface area contributed by atoms with E-state index in [0.717, 1.165) is 31.4 Å². The van der Waals surface area contributed by atoms with E-state index >= 15 is 0 Å². The molecule has 2 heterocycles.